The van der Waals surface area contributed by atoms with Crippen molar-refractivity contribution in [3.05, 3.63) is 108 Å². The van der Waals surface area contributed by atoms with Gasteiger partial charge in [-0.15, -0.1) is 0 Å². The van der Waals surface area contributed by atoms with Crippen molar-refractivity contribution in [1.29, 1.82) is 0 Å². The average Bonchev–Trinajstić information content (AvgIpc) is 2.85. The van der Waals surface area contributed by atoms with Gasteiger partial charge in [-0.25, -0.2) is 0 Å². The van der Waals surface area contributed by atoms with Crippen molar-refractivity contribution in [3.63, 3.8) is 0 Å². The fourth-order valence-electron chi connectivity index (χ4n) is 2.03. The monoisotopic (exact) mass is 615 g/mol. The Labute approximate surface area is 232 Å². The molecule has 3 aromatic rings. The minimum Gasteiger partial charge on any atom is -0.869 e. The van der Waals surface area contributed by atoms with Crippen LogP contribution in [0.4, 0.5) is 39.5 Å². The molecule has 0 aliphatic heterocycles. The van der Waals surface area contributed by atoms with Crippen LogP contribution in [0.5, 0.6) is 0 Å². The molecule has 0 bridgehead atoms. The SMILES string of the molecule is [O-]/C(=C\c1ccccn1)C(F)(F)F.[O-]/C(=C\c1ccccn1)C(F)(F)F.[O-]/C(=C\c1ccccn1)C(F)(F)F.[V]. The summed E-state index contributed by atoms with van der Waals surface area (Å²) >= 11 is 0. The molecular weight excluding hydrogens is 600 g/mol. The second kappa shape index (κ2) is 16.2. The summed E-state index contributed by atoms with van der Waals surface area (Å²) in [6, 6.07) is 13.1. The van der Waals surface area contributed by atoms with E-state index in [0.717, 1.165) is 0 Å². The Kier molecular flexibility index (Phi) is 14.6. The zero-order chi connectivity index (χ0) is 29.7. The fraction of sp³-hybridized carbons (Fsp3) is 0.125. The summed E-state index contributed by atoms with van der Waals surface area (Å²) < 4.78 is 106. The average molecular weight is 615 g/mol. The molecule has 3 aromatic heterocycles. The number of allylic oxidation sites excluding steroid dienone is 3. The molecule has 0 saturated carbocycles. The van der Waals surface area contributed by atoms with E-state index in [2.05, 4.69) is 15.0 Å². The molecule has 0 saturated heterocycles. The Hall–Kier alpha value is -3.98. The molecule has 215 valence electrons. The summed E-state index contributed by atoms with van der Waals surface area (Å²) in [6.45, 7) is 0. The van der Waals surface area contributed by atoms with Crippen molar-refractivity contribution in [2.24, 2.45) is 0 Å². The Balaban J connectivity index is 0.000000563. The van der Waals surface area contributed by atoms with E-state index in [1.54, 1.807) is 18.2 Å². The van der Waals surface area contributed by atoms with Crippen molar-refractivity contribution in [3.8, 4) is 0 Å². The van der Waals surface area contributed by atoms with Gasteiger partial charge in [-0.05, 0) is 71.9 Å². The second-order valence-corrected chi connectivity index (χ2v) is 6.78. The molecule has 1 radical (unpaired) electrons. The van der Waals surface area contributed by atoms with Gasteiger partial charge in [0.25, 0.3) is 0 Å². The number of pyridine rings is 3. The van der Waals surface area contributed by atoms with Crippen LogP contribution < -0.4 is 15.3 Å². The summed E-state index contributed by atoms with van der Waals surface area (Å²) in [7, 11) is 0. The quantitative estimate of drug-likeness (QED) is 0.326. The molecule has 3 heterocycles. The standard InChI is InChI=1S/3C8H6F3NO.V/c3*9-8(10,11)7(13)5-6-3-1-2-4-12-6;/h3*1-5,13H;/p-3/b3*7-5-;. The van der Waals surface area contributed by atoms with Crippen LogP contribution >= 0.6 is 0 Å². The van der Waals surface area contributed by atoms with Gasteiger partial charge in [-0.3, -0.25) is 15.0 Å². The Morgan fingerprint density at radius 3 is 0.850 bits per heavy atom. The van der Waals surface area contributed by atoms with E-state index in [9.17, 15) is 54.8 Å². The number of hydrogen-bond acceptors (Lipinski definition) is 6. The molecule has 0 spiro atoms. The Morgan fingerprint density at radius 1 is 0.475 bits per heavy atom. The topological polar surface area (TPSA) is 108 Å². The van der Waals surface area contributed by atoms with Crippen LogP contribution in [-0.4, -0.2) is 33.5 Å². The van der Waals surface area contributed by atoms with Crippen molar-refractivity contribution < 1.29 is 73.4 Å². The third-order valence-electron chi connectivity index (χ3n) is 3.74. The molecule has 0 unspecified atom stereocenters. The van der Waals surface area contributed by atoms with Crippen molar-refractivity contribution in [1.82, 2.24) is 15.0 Å². The number of aromatic nitrogens is 3. The third-order valence-corrected chi connectivity index (χ3v) is 3.74. The molecule has 6 nitrogen and oxygen atoms in total. The van der Waals surface area contributed by atoms with Gasteiger partial charge in [-0.1, -0.05) is 18.2 Å². The minimum absolute atomic E-state index is 0. The first-order valence-corrected chi connectivity index (χ1v) is 10.1. The zero-order valence-corrected chi connectivity index (χ0v) is 21.0. The van der Waals surface area contributed by atoms with Gasteiger partial charge in [-0.2, -0.15) is 39.5 Å². The van der Waals surface area contributed by atoms with E-state index < -0.39 is 35.8 Å². The molecule has 0 aromatic carbocycles. The molecule has 0 aliphatic carbocycles. The predicted molar refractivity (Wildman–Crippen MR) is 115 cm³/mol. The van der Waals surface area contributed by atoms with Crippen LogP contribution in [0.15, 0.2) is 90.5 Å². The van der Waals surface area contributed by atoms with Crippen LogP contribution in [0.1, 0.15) is 17.1 Å². The Morgan fingerprint density at radius 2 is 0.700 bits per heavy atom. The zero-order valence-electron chi connectivity index (χ0n) is 19.6. The summed E-state index contributed by atoms with van der Waals surface area (Å²) in [4.78, 5) is 10.7. The van der Waals surface area contributed by atoms with E-state index in [0.29, 0.717) is 18.2 Å². The first kappa shape index (κ1) is 36.0. The van der Waals surface area contributed by atoms with E-state index in [1.807, 2.05) is 0 Å². The largest absolute Gasteiger partial charge is 0.869 e. The maximum atomic E-state index is 11.7. The number of nitrogens with zero attached hydrogens (tertiary/aromatic N) is 3. The fourth-order valence-corrected chi connectivity index (χ4v) is 2.03. The van der Waals surface area contributed by atoms with Crippen LogP contribution in [0, 0.1) is 0 Å². The number of rotatable bonds is 3. The smallest absolute Gasteiger partial charge is 0.402 e. The molecule has 0 aliphatic rings. The summed E-state index contributed by atoms with van der Waals surface area (Å²) in [5.41, 5.74) is 0.0134. The van der Waals surface area contributed by atoms with Gasteiger partial charge in [0.2, 0.25) is 0 Å². The molecule has 0 atom stereocenters. The minimum atomic E-state index is -4.82. The van der Waals surface area contributed by atoms with E-state index in [1.165, 1.54) is 55.0 Å². The van der Waals surface area contributed by atoms with Crippen molar-refractivity contribution in [2.75, 3.05) is 0 Å². The van der Waals surface area contributed by atoms with Crippen LogP contribution in [0.2, 0.25) is 0 Å². The molecule has 3 rings (SSSR count). The maximum Gasteiger partial charge on any atom is 0.402 e. The molecule has 0 N–H and O–H groups in total. The third kappa shape index (κ3) is 14.8. The van der Waals surface area contributed by atoms with Gasteiger partial charge in [0, 0.05) is 37.1 Å². The second-order valence-electron chi connectivity index (χ2n) is 6.78. The first-order valence-electron chi connectivity index (χ1n) is 10.1. The van der Waals surface area contributed by atoms with Gasteiger partial charge in [0.1, 0.15) is 0 Å². The van der Waals surface area contributed by atoms with Gasteiger partial charge < -0.3 is 15.3 Å². The molecule has 40 heavy (non-hydrogen) atoms. The Bertz CT molecular complexity index is 1080. The van der Waals surface area contributed by atoms with Gasteiger partial charge in [0.15, 0.2) is 0 Å². The van der Waals surface area contributed by atoms with E-state index in [4.69, 9.17) is 0 Å². The molecule has 0 fully saturated rings. The maximum absolute atomic E-state index is 11.7. The molecule has 0 amide bonds. The van der Waals surface area contributed by atoms with Crippen LogP contribution in [0.25, 0.3) is 18.2 Å². The van der Waals surface area contributed by atoms with E-state index >= 15 is 0 Å². The van der Waals surface area contributed by atoms with E-state index in [-0.39, 0.29) is 35.6 Å². The number of alkyl halides is 9. The summed E-state index contributed by atoms with van der Waals surface area (Å²) in [6.07, 6.45) is -9.15. The summed E-state index contributed by atoms with van der Waals surface area (Å²) in [5, 5.41) is 31.2. The molecule has 16 heteroatoms. The van der Waals surface area contributed by atoms with Crippen molar-refractivity contribution in [2.45, 2.75) is 18.5 Å². The first-order chi connectivity index (χ1) is 18.0. The molecular formula is C24H15F9N3O3V-3. The summed E-state index contributed by atoms with van der Waals surface area (Å²) in [5.74, 6) is -5.69. The van der Waals surface area contributed by atoms with Gasteiger partial charge in [0.05, 0.1) is 17.1 Å². The number of halogens is 9. The van der Waals surface area contributed by atoms with Crippen LogP contribution in [0.3, 0.4) is 0 Å². The van der Waals surface area contributed by atoms with Crippen molar-refractivity contribution >= 4 is 18.2 Å². The van der Waals surface area contributed by atoms with Gasteiger partial charge >= 0.3 is 18.5 Å². The van der Waals surface area contributed by atoms with Crippen LogP contribution in [-0.2, 0) is 18.6 Å². The normalized spacial score (nSPS) is 12.7. The predicted octanol–water partition coefficient (Wildman–Crippen LogP) is 4.03. The number of hydrogen-bond donors (Lipinski definition) is 0.